The number of esters is 1. The van der Waals surface area contributed by atoms with Crippen molar-refractivity contribution in [2.75, 3.05) is 31.3 Å². The Morgan fingerprint density at radius 1 is 1.48 bits per heavy atom. The molecule has 2 heterocycles. The highest BCUT2D eigenvalue weighted by molar-refractivity contribution is 7.09. The third-order valence-electron chi connectivity index (χ3n) is 2.99. The Balaban J connectivity index is 2.11. The number of nitrogen functional groups attached to an aromatic ring is 1. The summed E-state index contributed by atoms with van der Waals surface area (Å²) in [6, 6.07) is 1.40. The number of carbonyl (C=O) groups is 1. The molecule has 0 saturated carbocycles. The van der Waals surface area contributed by atoms with Gasteiger partial charge in [0.1, 0.15) is 5.82 Å². The topological polar surface area (TPSA) is 94.2 Å². The molecule has 112 valence electrons. The molecule has 0 fully saturated rings. The van der Waals surface area contributed by atoms with E-state index < -0.39 is 5.97 Å². The van der Waals surface area contributed by atoms with Crippen molar-refractivity contribution in [3.8, 4) is 0 Å². The molecule has 21 heavy (non-hydrogen) atoms. The van der Waals surface area contributed by atoms with Crippen LogP contribution in [0.2, 0.25) is 0 Å². The molecule has 2 N–H and O–H groups in total. The van der Waals surface area contributed by atoms with E-state index in [-0.39, 0.29) is 11.5 Å². The fraction of sp³-hybridized carbons (Fsp3) is 0.385. The maximum atomic E-state index is 11.5. The predicted molar refractivity (Wildman–Crippen MR) is 81.6 cm³/mol. The summed E-state index contributed by atoms with van der Waals surface area (Å²) in [6.45, 7) is 2.69. The molecule has 0 bridgehead atoms. The van der Waals surface area contributed by atoms with Crippen LogP contribution in [-0.2, 0) is 11.2 Å². The minimum Gasteiger partial charge on any atom is -0.464 e. The van der Waals surface area contributed by atoms with Gasteiger partial charge in [0.15, 0.2) is 5.69 Å². The molecule has 2 aromatic heterocycles. The minimum atomic E-state index is -0.531. The van der Waals surface area contributed by atoms with Crippen molar-refractivity contribution in [1.29, 1.82) is 0 Å². The summed E-state index contributed by atoms with van der Waals surface area (Å²) >= 11 is 1.62. The summed E-state index contributed by atoms with van der Waals surface area (Å²) in [4.78, 5) is 27.1. The summed E-state index contributed by atoms with van der Waals surface area (Å²) < 4.78 is 4.65. The first-order chi connectivity index (χ1) is 10.0. The molecule has 2 aromatic rings. The number of nitrogens with two attached hydrogens (primary N) is 1. The number of nitrogens with zero attached hydrogens (tertiary/aromatic N) is 4. The van der Waals surface area contributed by atoms with Crippen molar-refractivity contribution in [1.82, 2.24) is 15.0 Å². The Bertz CT molecular complexity index is 643. The van der Waals surface area contributed by atoms with E-state index in [1.165, 1.54) is 18.1 Å². The fourth-order valence-electron chi connectivity index (χ4n) is 1.77. The van der Waals surface area contributed by atoms with Crippen LogP contribution in [0.5, 0.6) is 0 Å². The highest BCUT2D eigenvalue weighted by atomic mass is 32.1. The van der Waals surface area contributed by atoms with Crippen LogP contribution in [0.3, 0.4) is 0 Å². The Morgan fingerprint density at radius 3 is 2.86 bits per heavy atom. The summed E-state index contributed by atoms with van der Waals surface area (Å²) in [5, 5.41) is 0. The van der Waals surface area contributed by atoms with E-state index in [0.717, 1.165) is 12.1 Å². The Hall–Kier alpha value is -2.22. The number of likely N-dealkylation sites (N-methyl/N-ethyl adjacent to an activating group) is 1. The van der Waals surface area contributed by atoms with E-state index in [4.69, 9.17) is 5.73 Å². The molecule has 0 saturated heterocycles. The van der Waals surface area contributed by atoms with E-state index in [1.54, 1.807) is 11.3 Å². The highest BCUT2D eigenvalue weighted by Gasteiger charge is 2.14. The molecule has 0 unspecified atom stereocenters. The maximum Gasteiger partial charge on any atom is 0.356 e. The number of aromatic nitrogens is 3. The number of methoxy groups -OCH3 is 1. The second-order valence-corrected chi connectivity index (χ2v) is 5.44. The Kier molecular flexibility index (Phi) is 4.69. The van der Waals surface area contributed by atoms with Crippen molar-refractivity contribution < 1.29 is 9.53 Å². The van der Waals surface area contributed by atoms with Crippen LogP contribution < -0.4 is 10.6 Å². The average Bonchev–Trinajstić information content (AvgIpc) is 2.88. The van der Waals surface area contributed by atoms with E-state index >= 15 is 0 Å². The number of rotatable bonds is 5. The molecule has 0 aliphatic heterocycles. The standard InChI is InChI=1S/C13H17N5O2S/c1-8-10(21-7-15-8)4-5-18(2)13-16-9(12(19)20-3)6-11(14)17-13/h6-7H,4-5H2,1-3H3,(H2,14,16,17). The Labute approximate surface area is 126 Å². The van der Waals surface area contributed by atoms with Gasteiger partial charge in [0.25, 0.3) is 0 Å². The van der Waals surface area contributed by atoms with Gasteiger partial charge in [0.2, 0.25) is 5.95 Å². The number of hydrogen-bond donors (Lipinski definition) is 1. The zero-order valence-corrected chi connectivity index (χ0v) is 13.0. The largest absolute Gasteiger partial charge is 0.464 e. The number of aryl methyl sites for hydroxylation is 1. The first-order valence-electron chi connectivity index (χ1n) is 6.34. The molecule has 0 atom stereocenters. The first-order valence-corrected chi connectivity index (χ1v) is 7.22. The van der Waals surface area contributed by atoms with Gasteiger partial charge in [0.05, 0.1) is 18.3 Å². The van der Waals surface area contributed by atoms with Crippen LogP contribution in [0.4, 0.5) is 11.8 Å². The maximum absolute atomic E-state index is 11.5. The third-order valence-corrected chi connectivity index (χ3v) is 3.98. The average molecular weight is 307 g/mol. The van der Waals surface area contributed by atoms with Crippen LogP contribution in [0.1, 0.15) is 21.1 Å². The quantitative estimate of drug-likeness (QED) is 0.832. The van der Waals surface area contributed by atoms with Crippen LogP contribution >= 0.6 is 11.3 Å². The molecular formula is C13H17N5O2S. The molecule has 0 aliphatic carbocycles. The van der Waals surface area contributed by atoms with E-state index in [1.807, 2.05) is 24.4 Å². The monoisotopic (exact) mass is 307 g/mol. The normalized spacial score (nSPS) is 10.4. The lowest BCUT2D eigenvalue weighted by atomic mass is 10.3. The molecule has 0 amide bonds. The summed E-state index contributed by atoms with van der Waals surface area (Å²) in [5.74, 6) is 0.107. The van der Waals surface area contributed by atoms with Gasteiger partial charge < -0.3 is 15.4 Å². The molecular weight excluding hydrogens is 290 g/mol. The summed E-state index contributed by atoms with van der Waals surface area (Å²) in [6.07, 6.45) is 0.832. The van der Waals surface area contributed by atoms with Crippen molar-refractivity contribution in [2.24, 2.45) is 0 Å². The van der Waals surface area contributed by atoms with Gasteiger partial charge in [-0.25, -0.2) is 14.8 Å². The van der Waals surface area contributed by atoms with Crippen LogP contribution in [0.15, 0.2) is 11.6 Å². The number of carbonyl (C=O) groups excluding carboxylic acids is 1. The highest BCUT2D eigenvalue weighted by Crippen LogP contribution is 2.15. The van der Waals surface area contributed by atoms with Gasteiger partial charge >= 0.3 is 5.97 Å². The first kappa shape index (κ1) is 15.2. The lowest BCUT2D eigenvalue weighted by Crippen LogP contribution is -2.24. The summed E-state index contributed by atoms with van der Waals surface area (Å²) in [5.41, 5.74) is 8.73. The van der Waals surface area contributed by atoms with Crippen LogP contribution in [0.25, 0.3) is 0 Å². The van der Waals surface area contributed by atoms with Gasteiger partial charge in [-0.1, -0.05) is 0 Å². The van der Waals surface area contributed by atoms with E-state index in [0.29, 0.717) is 12.5 Å². The Morgan fingerprint density at radius 2 is 2.24 bits per heavy atom. The number of hydrogen-bond acceptors (Lipinski definition) is 8. The van der Waals surface area contributed by atoms with Gasteiger partial charge in [-0.2, -0.15) is 4.98 Å². The minimum absolute atomic E-state index is 0.154. The second-order valence-electron chi connectivity index (χ2n) is 4.50. The fourth-order valence-corrected chi connectivity index (χ4v) is 2.54. The SMILES string of the molecule is COC(=O)c1cc(N)nc(N(C)CCc2scnc2C)n1. The van der Waals surface area contributed by atoms with Crippen LogP contribution in [0, 0.1) is 6.92 Å². The van der Waals surface area contributed by atoms with Crippen molar-refractivity contribution in [2.45, 2.75) is 13.3 Å². The van der Waals surface area contributed by atoms with Gasteiger partial charge in [-0.3, -0.25) is 0 Å². The third kappa shape index (κ3) is 3.66. The predicted octanol–water partition coefficient (Wildman–Crippen LogP) is 1.29. The number of thiazole rings is 1. The van der Waals surface area contributed by atoms with Crippen molar-refractivity contribution in [3.05, 3.63) is 27.8 Å². The lowest BCUT2D eigenvalue weighted by molar-refractivity contribution is 0.0594. The molecule has 0 aliphatic rings. The summed E-state index contributed by atoms with van der Waals surface area (Å²) in [7, 11) is 3.16. The number of anilines is 2. The van der Waals surface area contributed by atoms with Crippen LogP contribution in [-0.4, -0.2) is 41.6 Å². The van der Waals surface area contributed by atoms with Gasteiger partial charge in [0, 0.05) is 31.0 Å². The zero-order chi connectivity index (χ0) is 15.4. The zero-order valence-electron chi connectivity index (χ0n) is 12.2. The van der Waals surface area contributed by atoms with E-state index in [9.17, 15) is 4.79 Å². The molecule has 7 nitrogen and oxygen atoms in total. The molecule has 8 heteroatoms. The van der Waals surface area contributed by atoms with E-state index in [2.05, 4.69) is 19.7 Å². The van der Waals surface area contributed by atoms with Crippen molar-refractivity contribution >= 4 is 29.1 Å². The molecule has 0 spiro atoms. The molecule has 0 aromatic carbocycles. The van der Waals surface area contributed by atoms with Crippen molar-refractivity contribution in [3.63, 3.8) is 0 Å². The molecule has 2 rings (SSSR count). The smallest absolute Gasteiger partial charge is 0.356 e. The molecule has 0 radical (unpaired) electrons. The van der Waals surface area contributed by atoms with Gasteiger partial charge in [-0.15, -0.1) is 11.3 Å². The van der Waals surface area contributed by atoms with Gasteiger partial charge in [-0.05, 0) is 6.92 Å². The number of ether oxygens (including phenoxy) is 1. The second kappa shape index (κ2) is 6.49. The lowest BCUT2D eigenvalue weighted by Gasteiger charge is -2.17.